The lowest BCUT2D eigenvalue weighted by Gasteiger charge is -2.15. The molecule has 1 heterocycles. The van der Waals surface area contributed by atoms with Crippen molar-refractivity contribution in [3.8, 4) is 0 Å². The molecule has 118 valence electrons. The monoisotopic (exact) mass is 335 g/mol. The minimum Gasteiger partial charge on any atom is -0.481 e. The highest BCUT2D eigenvalue weighted by molar-refractivity contribution is 7.91. The predicted octanol–water partition coefficient (Wildman–Crippen LogP) is 0.949. The summed E-state index contributed by atoms with van der Waals surface area (Å²) in [6, 6.07) is 2.85. The Hall–Kier alpha value is -1.45. The van der Waals surface area contributed by atoms with E-state index >= 15 is 0 Å². The largest absolute Gasteiger partial charge is 0.481 e. The number of carbonyl (C=O) groups excluding carboxylic acids is 1. The van der Waals surface area contributed by atoms with E-state index in [1.165, 1.54) is 19.2 Å². The van der Waals surface area contributed by atoms with Crippen LogP contribution in [0.4, 0.5) is 0 Å². The molecule has 0 amide bonds. The maximum absolute atomic E-state index is 12.2. The number of hydrogen-bond donors (Lipinski definition) is 1. The summed E-state index contributed by atoms with van der Waals surface area (Å²) < 4.78 is 30.3. The SMILES string of the molecule is CCOC(=O)CCN(C)S(=O)(=O)c1ccc(CC(=O)O)s1. The van der Waals surface area contributed by atoms with Crippen molar-refractivity contribution in [1.82, 2.24) is 4.31 Å². The van der Waals surface area contributed by atoms with Gasteiger partial charge in [-0.3, -0.25) is 9.59 Å². The molecule has 0 aromatic carbocycles. The average Bonchev–Trinajstić information content (AvgIpc) is 2.84. The van der Waals surface area contributed by atoms with E-state index in [9.17, 15) is 18.0 Å². The number of carboxylic acid groups (broad SMARTS) is 1. The normalized spacial score (nSPS) is 11.6. The minimum atomic E-state index is -3.71. The van der Waals surface area contributed by atoms with Crippen molar-refractivity contribution in [3.05, 3.63) is 17.0 Å². The quantitative estimate of drug-likeness (QED) is 0.710. The number of carboxylic acids is 1. The minimum absolute atomic E-state index is 0.00727. The Balaban J connectivity index is 2.73. The molecular formula is C12H17NO6S2. The van der Waals surface area contributed by atoms with Crippen molar-refractivity contribution in [3.63, 3.8) is 0 Å². The second kappa shape index (κ2) is 7.53. The van der Waals surface area contributed by atoms with Gasteiger partial charge in [-0.25, -0.2) is 8.42 Å². The summed E-state index contributed by atoms with van der Waals surface area (Å²) in [6.07, 6.45) is -0.246. The molecule has 0 spiro atoms. The van der Waals surface area contributed by atoms with Crippen LogP contribution in [0.5, 0.6) is 0 Å². The van der Waals surface area contributed by atoms with Crippen LogP contribution in [0.1, 0.15) is 18.2 Å². The number of hydrogen-bond acceptors (Lipinski definition) is 6. The van der Waals surface area contributed by atoms with E-state index < -0.39 is 22.0 Å². The van der Waals surface area contributed by atoms with Crippen LogP contribution < -0.4 is 0 Å². The van der Waals surface area contributed by atoms with Crippen LogP contribution >= 0.6 is 11.3 Å². The zero-order valence-corrected chi connectivity index (χ0v) is 13.4. The van der Waals surface area contributed by atoms with E-state index in [2.05, 4.69) is 0 Å². The molecule has 0 bridgehead atoms. The molecule has 7 nitrogen and oxygen atoms in total. The van der Waals surface area contributed by atoms with Crippen LogP contribution in [0, 0.1) is 0 Å². The van der Waals surface area contributed by atoms with Crippen molar-refractivity contribution in [1.29, 1.82) is 0 Å². The first-order valence-electron chi connectivity index (χ1n) is 6.19. The zero-order valence-electron chi connectivity index (χ0n) is 11.7. The third-order valence-electron chi connectivity index (χ3n) is 2.56. The summed E-state index contributed by atoms with van der Waals surface area (Å²) in [5.74, 6) is -1.48. The maximum Gasteiger partial charge on any atom is 0.308 e. The van der Waals surface area contributed by atoms with Gasteiger partial charge in [0.1, 0.15) is 4.21 Å². The molecule has 0 saturated heterocycles. The number of carbonyl (C=O) groups is 2. The lowest BCUT2D eigenvalue weighted by molar-refractivity contribution is -0.143. The Bertz CT molecular complexity index is 607. The summed E-state index contributed by atoms with van der Waals surface area (Å²) in [5.41, 5.74) is 0. The molecular weight excluding hydrogens is 318 g/mol. The molecule has 0 aliphatic rings. The fourth-order valence-electron chi connectivity index (χ4n) is 1.50. The Kier molecular flexibility index (Phi) is 6.31. The molecule has 0 fully saturated rings. The summed E-state index contributed by atoms with van der Waals surface area (Å²) in [7, 11) is -2.35. The van der Waals surface area contributed by atoms with E-state index in [0.717, 1.165) is 15.6 Å². The van der Waals surface area contributed by atoms with E-state index in [-0.39, 0.29) is 30.2 Å². The summed E-state index contributed by atoms with van der Waals surface area (Å²) in [5, 5.41) is 8.68. The summed E-state index contributed by atoms with van der Waals surface area (Å²) in [6.45, 7) is 1.93. The summed E-state index contributed by atoms with van der Waals surface area (Å²) in [4.78, 5) is 22.3. The molecule has 1 aromatic heterocycles. The second-order valence-electron chi connectivity index (χ2n) is 4.17. The molecule has 1 aromatic rings. The van der Waals surface area contributed by atoms with Gasteiger partial charge in [-0.2, -0.15) is 4.31 Å². The Morgan fingerprint density at radius 2 is 2.05 bits per heavy atom. The third kappa shape index (κ3) is 5.10. The number of sulfonamides is 1. The number of esters is 1. The highest BCUT2D eigenvalue weighted by atomic mass is 32.2. The van der Waals surface area contributed by atoms with Crippen LogP contribution in [0.3, 0.4) is 0 Å². The van der Waals surface area contributed by atoms with Crippen molar-refractivity contribution < 1.29 is 27.9 Å². The Morgan fingerprint density at radius 1 is 1.38 bits per heavy atom. The van der Waals surface area contributed by atoms with Crippen LogP contribution in [0.2, 0.25) is 0 Å². The standard InChI is InChI=1S/C12H17NO6S2/c1-3-19-11(16)6-7-13(2)21(17,18)12-5-4-9(20-12)8-10(14)15/h4-5H,3,6-8H2,1-2H3,(H,14,15). The van der Waals surface area contributed by atoms with Gasteiger partial charge in [-0.1, -0.05) is 0 Å². The van der Waals surface area contributed by atoms with E-state index in [0.29, 0.717) is 4.88 Å². The fourth-order valence-corrected chi connectivity index (χ4v) is 4.23. The molecule has 1 N–H and O–H groups in total. The Labute approximate surface area is 127 Å². The van der Waals surface area contributed by atoms with Gasteiger partial charge in [0.25, 0.3) is 10.0 Å². The molecule has 0 unspecified atom stereocenters. The lowest BCUT2D eigenvalue weighted by Crippen LogP contribution is -2.29. The molecule has 1 rings (SSSR count). The van der Waals surface area contributed by atoms with Crippen LogP contribution in [0.25, 0.3) is 0 Å². The first kappa shape index (κ1) is 17.6. The van der Waals surface area contributed by atoms with Gasteiger partial charge < -0.3 is 9.84 Å². The average molecular weight is 335 g/mol. The highest BCUT2D eigenvalue weighted by Gasteiger charge is 2.23. The number of ether oxygens (including phenoxy) is 1. The van der Waals surface area contributed by atoms with Gasteiger partial charge in [0, 0.05) is 18.5 Å². The first-order valence-corrected chi connectivity index (χ1v) is 8.45. The number of nitrogens with zero attached hydrogens (tertiary/aromatic N) is 1. The van der Waals surface area contributed by atoms with Crippen molar-refractivity contribution in [2.24, 2.45) is 0 Å². The van der Waals surface area contributed by atoms with Gasteiger partial charge in [-0.15, -0.1) is 11.3 Å². The second-order valence-corrected chi connectivity index (χ2v) is 7.61. The first-order chi connectivity index (χ1) is 9.77. The van der Waals surface area contributed by atoms with Gasteiger partial charge in [0.05, 0.1) is 19.4 Å². The molecule has 0 aliphatic heterocycles. The van der Waals surface area contributed by atoms with Crippen molar-refractivity contribution >= 4 is 33.3 Å². The van der Waals surface area contributed by atoms with Gasteiger partial charge in [0.15, 0.2) is 0 Å². The fraction of sp³-hybridized carbons (Fsp3) is 0.500. The molecule has 0 saturated carbocycles. The van der Waals surface area contributed by atoms with E-state index in [4.69, 9.17) is 9.84 Å². The van der Waals surface area contributed by atoms with Crippen LogP contribution in [-0.4, -0.2) is 50.0 Å². The lowest BCUT2D eigenvalue weighted by atomic mass is 10.3. The number of rotatable bonds is 8. The third-order valence-corrected chi connectivity index (χ3v) is 5.97. The van der Waals surface area contributed by atoms with Gasteiger partial charge in [-0.05, 0) is 19.1 Å². The van der Waals surface area contributed by atoms with Crippen LogP contribution in [-0.2, 0) is 30.8 Å². The molecule has 0 atom stereocenters. The number of aliphatic carboxylic acids is 1. The summed E-state index contributed by atoms with van der Waals surface area (Å²) >= 11 is 0.914. The van der Waals surface area contributed by atoms with E-state index in [1.807, 2.05) is 0 Å². The van der Waals surface area contributed by atoms with Crippen molar-refractivity contribution in [2.45, 2.75) is 24.0 Å². The maximum atomic E-state index is 12.2. The molecule has 0 aliphatic carbocycles. The molecule has 0 radical (unpaired) electrons. The van der Waals surface area contributed by atoms with E-state index in [1.54, 1.807) is 6.92 Å². The van der Waals surface area contributed by atoms with Crippen LogP contribution in [0.15, 0.2) is 16.3 Å². The topological polar surface area (TPSA) is 101 Å². The molecule has 9 heteroatoms. The number of thiophene rings is 1. The van der Waals surface area contributed by atoms with Gasteiger partial charge >= 0.3 is 11.9 Å². The zero-order chi connectivity index (χ0) is 16.0. The van der Waals surface area contributed by atoms with Gasteiger partial charge in [0.2, 0.25) is 0 Å². The predicted molar refractivity (Wildman–Crippen MR) is 76.7 cm³/mol. The van der Waals surface area contributed by atoms with Crippen molar-refractivity contribution in [2.75, 3.05) is 20.2 Å². The molecule has 21 heavy (non-hydrogen) atoms. The Morgan fingerprint density at radius 3 is 2.62 bits per heavy atom. The highest BCUT2D eigenvalue weighted by Crippen LogP contribution is 2.24. The smallest absolute Gasteiger partial charge is 0.308 e.